The number of halogens is 2. The molecule has 1 unspecified atom stereocenters. The van der Waals surface area contributed by atoms with Crippen molar-refractivity contribution in [1.82, 2.24) is 0 Å². The van der Waals surface area contributed by atoms with Crippen LogP contribution in [0.5, 0.6) is 5.75 Å². The van der Waals surface area contributed by atoms with Crippen molar-refractivity contribution in [2.24, 2.45) is 0 Å². The van der Waals surface area contributed by atoms with Gasteiger partial charge in [0.15, 0.2) is 0 Å². The second-order valence-corrected chi connectivity index (χ2v) is 9.05. The van der Waals surface area contributed by atoms with Crippen LogP contribution in [0.25, 0.3) is 5.76 Å². The number of ketones is 1. The maximum atomic E-state index is 13.4. The van der Waals surface area contributed by atoms with Crippen molar-refractivity contribution in [3.05, 3.63) is 93.5 Å². The van der Waals surface area contributed by atoms with Crippen LogP contribution >= 0.6 is 23.2 Å². The number of para-hydroxylation sites is 2. The van der Waals surface area contributed by atoms with E-state index in [0.717, 1.165) is 18.8 Å². The first-order valence-corrected chi connectivity index (χ1v) is 12.3. The summed E-state index contributed by atoms with van der Waals surface area (Å²) in [6.45, 7) is 5.83. The molecule has 8 heteroatoms. The van der Waals surface area contributed by atoms with Gasteiger partial charge in [0.25, 0.3) is 11.7 Å². The number of rotatable bonds is 7. The summed E-state index contributed by atoms with van der Waals surface area (Å²) >= 11 is 12.2. The first-order chi connectivity index (χ1) is 17.3. The van der Waals surface area contributed by atoms with Gasteiger partial charge in [-0.2, -0.15) is 0 Å². The molecule has 0 saturated carbocycles. The molecule has 0 radical (unpaired) electrons. The van der Waals surface area contributed by atoms with Crippen LogP contribution in [-0.2, 0) is 9.59 Å². The van der Waals surface area contributed by atoms with Crippen LogP contribution in [-0.4, -0.2) is 37.0 Å². The van der Waals surface area contributed by atoms with E-state index >= 15 is 0 Å². The van der Waals surface area contributed by atoms with Crippen molar-refractivity contribution in [3.63, 3.8) is 0 Å². The van der Waals surface area contributed by atoms with Crippen molar-refractivity contribution in [2.75, 3.05) is 30.0 Å². The quantitative estimate of drug-likeness (QED) is 0.217. The number of carbonyl (C=O) groups is 2. The van der Waals surface area contributed by atoms with E-state index in [1.54, 1.807) is 30.3 Å². The van der Waals surface area contributed by atoms with E-state index in [-0.39, 0.29) is 21.9 Å². The molecule has 0 aromatic heterocycles. The number of nitrogens with zero attached hydrogens (tertiary/aromatic N) is 2. The number of aliphatic hydroxyl groups excluding tert-OH is 1. The molecule has 3 aromatic carbocycles. The van der Waals surface area contributed by atoms with E-state index in [4.69, 9.17) is 27.9 Å². The molecule has 1 heterocycles. The molecule has 3 aromatic rings. The van der Waals surface area contributed by atoms with Crippen LogP contribution < -0.4 is 14.5 Å². The Hall–Kier alpha value is -3.48. The molecule has 1 aliphatic rings. The Morgan fingerprint density at radius 3 is 2.25 bits per heavy atom. The van der Waals surface area contributed by atoms with Gasteiger partial charge in [-0.3, -0.25) is 14.5 Å². The van der Waals surface area contributed by atoms with Crippen LogP contribution in [0, 0.1) is 0 Å². The highest BCUT2D eigenvalue weighted by Gasteiger charge is 2.47. The smallest absolute Gasteiger partial charge is 0.300 e. The molecule has 36 heavy (non-hydrogen) atoms. The number of amides is 1. The van der Waals surface area contributed by atoms with Crippen LogP contribution in [0.2, 0.25) is 10.0 Å². The third kappa shape index (κ3) is 4.54. The fourth-order valence-corrected chi connectivity index (χ4v) is 4.78. The topological polar surface area (TPSA) is 70.1 Å². The van der Waals surface area contributed by atoms with Gasteiger partial charge in [-0.25, -0.2) is 0 Å². The third-order valence-electron chi connectivity index (χ3n) is 6.32. The largest absolute Gasteiger partial charge is 0.507 e. The summed E-state index contributed by atoms with van der Waals surface area (Å²) in [5, 5.41) is 11.8. The number of methoxy groups -OCH3 is 1. The summed E-state index contributed by atoms with van der Waals surface area (Å²) in [7, 11) is 1.50. The molecule has 0 spiro atoms. The summed E-state index contributed by atoms with van der Waals surface area (Å²) in [6, 6.07) is 18.3. The Kier molecular flexibility index (Phi) is 7.57. The normalized spacial score (nSPS) is 16.9. The molecule has 6 nitrogen and oxygen atoms in total. The van der Waals surface area contributed by atoms with Gasteiger partial charge in [0.1, 0.15) is 11.5 Å². The summed E-state index contributed by atoms with van der Waals surface area (Å²) in [5.74, 6) is -1.47. The average Bonchev–Trinajstić information content (AvgIpc) is 3.16. The lowest BCUT2D eigenvalue weighted by molar-refractivity contribution is -0.132. The van der Waals surface area contributed by atoms with Crippen molar-refractivity contribution in [2.45, 2.75) is 19.9 Å². The number of aliphatic hydroxyl groups is 1. The highest BCUT2D eigenvalue weighted by molar-refractivity contribution is 6.52. The van der Waals surface area contributed by atoms with Crippen molar-refractivity contribution < 1.29 is 19.4 Å². The van der Waals surface area contributed by atoms with Crippen LogP contribution in [0.4, 0.5) is 11.4 Å². The zero-order valence-electron chi connectivity index (χ0n) is 20.2. The number of ether oxygens (including phenoxy) is 1. The fourth-order valence-electron chi connectivity index (χ4n) is 4.48. The van der Waals surface area contributed by atoms with E-state index in [0.29, 0.717) is 22.0 Å². The number of hydrogen-bond acceptors (Lipinski definition) is 5. The summed E-state index contributed by atoms with van der Waals surface area (Å²) in [5.41, 5.74) is 2.35. The molecule has 1 saturated heterocycles. The maximum Gasteiger partial charge on any atom is 0.300 e. The van der Waals surface area contributed by atoms with Crippen LogP contribution in [0.1, 0.15) is 31.0 Å². The fraction of sp³-hybridized carbons (Fsp3) is 0.214. The van der Waals surface area contributed by atoms with Gasteiger partial charge in [-0.15, -0.1) is 0 Å². The molecule has 0 bridgehead atoms. The molecular formula is C28H26Cl2N2O4. The zero-order chi connectivity index (χ0) is 26.0. The van der Waals surface area contributed by atoms with Crippen molar-refractivity contribution in [1.29, 1.82) is 0 Å². The van der Waals surface area contributed by atoms with Gasteiger partial charge in [0, 0.05) is 24.3 Å². The SMILES string of the molecule is CCN(CC)c1ccc(C2/C(=C(/O)c3ccc(Cl)c(Cl)c3)C(=O)C(=O)N2c2ccccc2OC)cc1. The lowest BCUT2D eigenvalue weighted by Crippen LogP contribution is -2.30. The number of benzene rings is 3. The van der Waals surface area contributed by atoms with E-state index in [2.05, 4.69) is 18.7 Å². The Morgan fingerprint density at radius 2 is 1.64 bits per heavy atom. The predicted octanol–water partition coefficient (Wildman–Crippen LogP) is 6.47. The standard InChI is InChI=1S/C28H26Cl2N2O4/c1-4-31(5-2)19-13-10-17(11-14-19)25-24(26(33)18-12-15-20(29)21(30)16-18)27(34)28(35)32(25)22-8-6-7-9-23(22)36-3/h6-16,25,33H,4-5H2,1-3H3/b26-24-. The van der Waals surface area contributed by atoms with Gasteiger partial charge in [-0.1, -0.05) is 47.5 Å². The highest BCUT2D eigenvalue weighted by atomic mass is 35.5. The maximum absolute atomic E-state index is 13.4. The van der Waals surface area contributed by atoms with Gasteiger partial charge < -0.3 is 14.7 Å². The minimum Gasteiger partial charge on any atom is -0.507 e. The van der Waals surface area contributed by atoms with E-state index in [1.807, 2.05) is 24.3 Å². The zero-order valence-corrected chi connectivity index (χ0v) is 21.7. The third-order valence-corrected chi connectivity index (χ3v) is 7.06. The molecule has 0 aliphatic carbocycles. The Morgan fingerprint density at radius 1 is 0.972 bits per heavy atom. The second kappa shape index (κ2) is 10.6. The lowest BCUT2D eigenvalue weighted by Gasteiger charge is -2.27. The van der Waals surface area contributed by atoms with Crippen LogP contribution in [0.15, 0.2) is 72.3 Å². The Balaban J connectivity index is 1.94. The molecular weight excluding hydrogens is 499 g/mol. The number of anilines is 2. The molecule has 1 fully saturated rings. The highest BCUT2D eigenvalue weighted by Crippen LogP contribution is 2.45. The lowest BCUT2D eigenvalue weighted by atomic mass is 9.94. The molecule has 4 rings (SSSR count). The van der Waals surface area contributed by atoms with Gasteiger partial charge in [-0.05, 0) is 61.9 Å². The van der Waals surface area contributed by atoms with Gasteiger partial charge >= 0.3 is 0 Å². The molecule has 1 amide bonds. The number of carbonyl (C=O) groups excluding carboxylic acids is 2. The van der Waals surface area contributed by atoms with Gasteiger partial charge in [0.2, 0.25) is 0 Å². The Labute approximate surface area is 220 Å². The second-order valence-electron chi connectivity index (χ2n) is 8.23. The Bertz CT molecular complexity index is 1330. The van der Waals surface area contributed by atoms with Crippen molar-refractivity contribution in [3.8, 4) is 5.75 Å². The minimum absolute atomic E-state index is 0.0418. The monoisotopic (exact) mass is 524 g/mol. The van der Waals surface area contributed by atoms with Crippen LogP contribution in [0.3, 0.4) is 0 Å². The number of hydrogen-bond donors (Lipinski definition) is 1. The van der Waals surface area contributed by atoms with E-state index < -0.39 is 17.7 Å². The minimum atomic E-state index is -0.887. The predicted molar refractivity (Wildman–Crippen MR) is 144 cm³/mol. The first kappa shape index (κ1) is 25.6. The van der Waals surface area contributed by atoms with Gasteiger partial charge in [0.05, 0.1) is 34.5 Å². The summed E-state index contributed by atoms with van der Waals surface area (Å²) < 4.78 is 5.49. The summed E-state index contributed by atoms with van der Waals surface area (Å²) in [4.78, 5) is 30.4. The first-order valence-electron chi connectivity index (χ1n) is 11.6. The summed E-state index contributed by atoms with van der Waals surface area (Å²) in [6.07, 6.45) is 0. The van der Waals surface area contributed by atoms with Crippen molar-refractivity contribution >= 4 is 52.0 Å². The van der Waals surface area contributed by atoms with E-state index in [1.165, 1.54) is 24.1 Å². The molecule has 1 N–H and O–H groups in total. The molecule has 1 atom stereocenters. The molecule has 1 aliphatic heterocycles. The van der Waals surface area contributed by atoms with E-state index in [9.17, 15) is 14.7 Å². The average molecular weight is 525 g/mol. The molecule has 186 valence electrons. The number of Topliss-reactive ketones (excluding diaryl/α,β-unsaturated/α-hetero) is 1.